The van der Waals surface area contributed by atoms with E-state index in [1.165, 1.54) is 0 Å². The van der Waals surface area contributed by atoms with Crippen LogP contribution in [0.25, 0.3) is 10.9 Å². The summed E-state index contributed by atoms with van der Waals surface area (Å²) in [6, 6.07) is 7.24. The van der Waals surface area contributed by atoms with E-state index in [0.29, 0.717) is 23.4 Å². The van der Waals surface area contributed by atoms with Crippen molar-refractivity contribution < 1.29 is 4.79 Å². The van der Waals surface area contributed by atoms with Gasteiger partial charge in [-0.25, -0.2) is 4.98 Å². The third kappa shape index (κ3) is 2.81. The van der Waals surface area contributed by atoms with Gasteiger partial charge in [-0.1, -0.05) is 19.1 Å². The van der Waals surface area contributed by atoms with E-state index in [1.807, 2.05) is 28.0 Å². The molecule has 1 aromatic carbocycles. The minimum atomic E-state index is -0.164. The molecule has 1 aromatic heterocycles. The fourth-order valence-corrected chi connectivity index (χ4v) is 2.83. The number of nitrogens with zero attached hydrogens (tertiary/aromatic N) is 3. The number of hydrogen-bond acceptors (Lipinski definition) is 4. The Bertz CT molecular complexity index is 740. The highest BCUT2D eigenvalue weighted by molar-refractivity contribution is 5.82. The number of aromatic amines is 1. The molecule has 6 heteroatoms. The summed E-state index contributed by atoms with van der Waals surface area (Å²) in [5.74, 6) is 0.575. The Morgan fingerprint density at radius 1 is 1.23 bits per heavy atom. The first-order chi connectivity index (χ1) is 10.7. The van der Waals surface area contributed by atoms with Gasteiger partial charge in [0.15, 0.2) is 0 Å². The summed E-state index contributed by atoms with van der Waals surface area (Å²) >= 11 is 0. The molecule has 2 aromatic rings. The van der Waals surface area contributed by atoms with Gasteiger partial charge in [-0.2, -0.15) is 0 Å². The van der Waals surface area contributed by atoms with Crippen molar-refractivity contribution in [2.45, 2.75) is 19.8 Å². The van der Waals surface area contributed by atoms with Crippen molar-refractivity contribution in [2.75, 3.05) is 31.1 Å². The first-order valence-electron chi connectivity index (χ1n) is 7.71. The molecular formula is C16H20N4O2. The van der Waals surface area contributed by atoms with Gasteiger partial charge in [0.1, 0.15) is 0 Å². The Balaban J connectivity index is 1.91. The number of nitrogens with one attached hydrogen (secondary N) is 1. The lowest BCUT2D eigenvalue weighted by Crippen LogP contribution is -2.38. The molecule has 1 amide bonds. The van der Waals surface area contributed by atoms with Gasteiger partial charge in [0.05, 0.1) is 17.4 Å². The summed E-state index contributed by atoms with van der Waals surface area (Å²) in [5.41, 5.74) is 0.492. The monoisotopic (exact) mass is 300 g/mol. The minimum absolute atomic E-state index is 0.0927. The van der Waals surface area contributed by atoms with E-state index in [1.54, 1.807) is 6.07 Å². The lowest BCUT2D eigenvalue weighted by molar-refractivity contribution is -0.129. The number of amides is 1. The Hall–Kier alpha value is -2.37. The predicted octanol–water partition coefficient (Wildman–Crippen LogP) is 1.37. The van der Waals surface area contributed by atoms with Crippen LogP contribution in [-0.4, -0.2) is 47.0 Å². The lowest BCUT2D eigenvalue weighted by Gasteiger charge is -2.21. The third-order valence-corrected chi connectivity index (χ3v) is 3.93. The van der Waals surface area contributed by atoms with Crippen LogP contribution < -0.4 is 10.5 Å². The standard InChI is InChI=1S/C16H20N4O2/c1-2-8-19-9-5-10-20(11-14(19)21)16-17-13-7-4-3-6-12(13)15(22)18-16/h3-4,6-7H,2,5,8-11H2,1H3,(H,17,18,22). The summed E-state index contributed by atoms with van der Waals surface area (Å²) in [5, 5.41) is 0.569. The molecule has 0 atom stereocenters. The van der Waals surface area contributed by atoms with Crippen molar-refractivity contribution in [3.8, 4) is 0 Å². The van der Waals surface area contributed by atoms with Crippen LogP contribution >= 0.6 is 0 Å². The molecule has 0 spiro atoms. The molecule has 1 fully saturated rings. The number of aromatic nitrogens is 2. The molecule has 22 heavy (non-hydrogen) atoms. The van der Waals surface area contributed by atoms with Gasteiger partial charge in [0.2, 0.25) is 11.9 Å². The van der Waals surface area contributed by atoms with Crippen LogP contribution in [0.5, 0.6) is 0 Å². The first-order valence-corrected chi connectivity index (χ1v) is 7.71. The molecule has 0 aliphatic carbocycles. The Morgan fingerprint density at radius 3 is 2.86 bits per heavy atom. The maximum atomic E-state index is 12.3. The molecule has 1 saturated heterocycles. The second-order valence-electron chi connectivity index (χ2n) is 5.56. The largest absolute Gasteiger partial charge is 0.341 e. The molecule has 0 bridgehead atoms. The predicted molar refractivity (Wildman–Crippen MR) is 86.1 cm³/mol. The van der Waals surface area contributed by atoms with Crippen LogP contribution in [0.15, 0.2) is 29.1 Å². The molecule has 6 nitrogen and oxygen atoms in total. The summed E-state index contributed by atoms with van der Waals surface area (Å²) in [4.78, 5) is 35.5. The van der Waals surface area contributed by atoms with E-state index in [9.17, 15) is 9.59 Å². The van der Waals surface area contributed by atoms with Crippen molar-refractivity contribution in [3.05, 3.63) is 34.6 Å². The number of hydrogen-bond donors (Lipinski definition) is 1. The maximum Gasteiger partial charge on any atom is 0.260 e. The Morgan fingerprint density at radius 2 is 2.05 bits per heavy atom. The first kappa shape index (κ1) is 14.6. The molecule has 0 saturated carbocycles. The number of carbonyl (C=O) groups excluding carboxylic acids is 1. The van der Waals surface area contributed by atoms with E-state index in [0.717, 1.165) is 25.9 Å². The van der Waals surface area contributed by atoms with E-state index in [2.05, 4.69) is 16.9 Å². The summed E-state index contributed by atoms with van der Waals surface area (Å²) in [7, 11) is 0. The molecular weight excluding hydrogens is 280 g/mol. The van der Waals surface area contributed by atoms with Crippen molar-refractivity contribution in [1.82, 2.24) is 14.9 Å². The number of para-hydroxylation sites is 1. The fourth-order valence-electron chi connectivity index (χ4n) is 2.83. The second-order valence-corrected chi connectivity index (χ2v) is 5.56. The van der Waals surface area contributed by atoms with Crippen molar-refractivity contribution in [1.29, 1.82) is 0 Å². The summed E-state index contributed by atoms with van der Waals surface area (Å²) < 4.78 is 0. The van der Waals surface area contributed by atoms with E-state index >= 15 is 0 Å². The zero-order chi connectivity index (χ0) is 15.5. The highest BCUT2D eigenvalue weighted by Crippen LogP contribution is 2.14. The third-order valence-electron chi connectivity index (χ3n) is 3.93. The summed E-state index contributed by atoms with van der Waals surface area (Å²) in [6.45, 7) is 4.60. The molecule has 2 heterocycles. The smallest absolute Gasteiger partial charge is 0.260 e. The molecule has 0 unspecified atom stereocenters. The molecule has 116 valence electrons. The molecule has 0 radical (unpaired) electrons. The number of fused-ring (bicyclic) bond motifs is 1. The van der Waals surface area contributed by atoms with Crippen molar-refractivity contribution in [2.24, 2.45) is 0 Å². The number of anilines is 1. The summed E-state index contributed by atoms with van der Waals surface area (Å²) in [6.07, 6.45) is 1.83. The zero-order valence-corrected chi connectivity index (χ0v) is 12.7. The maximum absolute atomic E-state index is 12.3. The van der Waals surface area contributed by atoms with E-state index < -0.39 is 0 Å². The van der Waals surface area contributed by atoms with Crippen LogP contribution in [0.3, 0.4) is 0 Å². The molecule has 1 aliphatic heterocycles. The molecule has 3 rings (SSSR count). The Kier molecular flexibility index (Phi) is 4.09. The quantitative estimate of drug-likeness (QED) is 0.929. The molecule has 1 aliphatic rings. The van der Waals surface area contributed by atoms with Crippen molar-refractivity contribution >= 4 is 22.8 Å². The minimum Gasteiger partial charge on any atom is -0.341 e. The average molecular weight is 300 g/mol. The van der Waals surface area contributed by atoms with Gasteiger partial charge < -0.3 is 9.80 Å². The number of carbonyl (C=O) groups is 1. The van der Waals surface area contributed by atoms with Gasteiger partial charge in [-0.3, -0.25) is 14.6 Å². The van der Waals surface area contributed by atoms with Gasteiger partial charge >= 0.3 is 0 Å². The SMILES string of the molecule is CCCN1CCCN(c2nc3ccccc3c(=O)[nH]2)CC1=O. The topological polar surface area (TPSA) is 69.3 Å². The van der Waals surface area contributed by atoms with Crippen LogP contribution in [0.1, 0.15) is 19.8 Å². The highest BCUT2D eigenvalue weighted by atomic mass is 16.2. The number of benzene rings is 1. The number of rotatable bonds is 3. The van der Waals surface area contributed by atoms with Crippen molar-refractivity contribution in [3.63, 3.8) is 0 Å². The highest BCUT2D eigenvalue weighted by Gasteiger charge is 2.22. The fraction of sp³-hybridized carbons (Fsp3) is 0.438. The van der Waals surface area contributed by atoms with Crippen LogP contribution in [0.2, 0.25) is 0 Å². The van der Waals surface area contributed by atoms with Gasteiger partial charge in [0.25, 0.3) is 5.56 Å². The second kappa shape index (κ2) is 6.17. The van der Waals surface area contributed by atoms with Crippen LogP contribution in [0.4, 0.5) is 5.95 Å². The Labute approximate surface area is 128 Å². The van der Waals surface area contributed by atoms with Gasteiger partial charge in [-0.15, -0.1) is 0 Å². The van der Waals surface area contributed by atoms with Gasteiger partial charge in [0, 0.05) is 19.6 Å². The lowest BCUT2D eigenvalue weighted by atomic mass is 10.2. The average Bonchev–Trinajstić information content (AvgIpc) is 2.70. The number of H-pyrrole nitrogens is 1. The van der Waals surface area contributed by atoms with E-state index in [4.69, 9.17) is 0 Å². The normalized spacial score (nSPS) is 16.1. The van der Waals surface area contributed by atoms with Crippen LogP contribution in [0, 0.1) is 0 Å². The zero-order valence-electron chi connectivity index (χ0n) is 12.7. The molecule has 1 N–H and O–H groups in total. The van der Waals surface area contributed by atoms with Crippen LogP contribution in [-0.2, 0) is 4.79 Å². The van der Waals surface area contributed by atoms with E-state index in [-0.39, 0.29) is 18.0 Å². The van der Waals surface area contributed by atoms with Gasteiger partial charge in [-0.05, 0) is 25.0 Å².